The monoisotopic (exact) mass is 522 g/mol. The van der Waals surface area contributed by atoms with Crippen molar-refractivity contribution in [2.24, 2.45) is 0 Å². The van der Waals surface area contributed by atoms with Crippen molar-refractivity contribution in [1.82, 2.24) is 0 Å². The molecule has 0 fully saturated rings. The fourth-order valence-corrected chi connectivity index (χ4v) is 3.93. The van der Waals surface area contributed by atoms with E-state index in [-0.39, 0.29) is 23.2 Å². The van der Waals surface area contributed by atoms with Gasteiger partial charge in [0.05, 0.1) is 0 Å². The van der Waals surface area contributed by atoms with Crippen molar-refractivity contribution < 1.29 is 18.4 Å². The first kappa shape index (κ1) is 26.0. The first-order chi connectivity index (χ1) is 19.5. The SMILES string of the molecule is O=C(c1ccc(F)cc1)c1ccc(C#Cc2ccccc2C#Cc2ccc(C(=O)c3ccc(F)cc3)cc2)cc1. The lowest BCUT2D eigenvalue weighted by atomic mass is 10.0. The standard InChI is InChI=1S/C36H20F2O2/c37-33-21-17-31(18-22-33)35(39)29-13-7-25(8-14-29)5-11-27-3-1-2-4-28(27)12-6-26-9-15-30(16-10-26)36(40)32-19-23-34(38)24-20-32/h1-4,7-10,13-24H. The number of carbonyl (C=O) groups is 2. The van der Waals surface area contributed by atoms with Gasteiger partial charge in [0.25, 0.3) is 0 Å². The van der Waals surface area contributed by atoms with Gasteiger partial charge >= 0.3 is 0 Å². The lowest BCUT2D eigenvalue weighted by molar-refractivity contribution is 0.103. The predicted octanol–water partition coefficient (Wildman–Crippen LogP) is 7.23. The number of hydrogen-bond donors (Lipinski definition) is 0. The molecule has 190 valence electrons. The van der Waals surface area contributed by atoms with Crippen LogP contribution < -0.4 is 0 Å². The van der Waals surface area contributed by atoms with Gasteiger partial charge in [-0.1, -0.05) is 35.8 Å². The average molecular weight is 523 g/mol. The Morgan fingerprint density at radius 3 is 1.02 bits per heavy atom. The van der Waals surface area contributed by atoms with Crippen LogP contribution in [0.1, 0.15) is 54.1 Å². The third kappa shape index (κ3) is 6.27. The molecule has 0 aromatic heterocycles. The lowest BCUT2D eigenvalue weighted by Gasteiger charge is -2.02. The molecule has 5 aromatic rings. The van der Waals surface area contributed by atoms with Crippen LogP contribution >= 0.6 is 0 Å². The van der Waals surface area contributed by atoms with E-state index in [0.717, 1.165) is 22.3 Å². The van der Waals surface area contributed by atoms with Gasteiger partial charge in [0.1, 0.15) is 11.6 Å². The molecule has 0 aliphatic rings. The molecule has 0 amide bonds. The van der Waals surface area contributed by atoms with Gasteiger partial charge in [-0.3, -0.25) is 9.59 Å². The van der Waals surface area contributed by atoms with Crippen LogP contribution in [0.3, 0.4) is 0 Å². The molecule has 5 aromatic carbocycles. The summed E-state index contributed by atoms with van der Waals surface area (Å²) in [6.07, 6.45) is 0. The summed E-state index contributed by atoms with van der Waals surface area (Å²) >= 11 is 0. The molecule has 5 rings (SSSR count). The highest BCUT2D eigenvalue weighted by Crippen LogP contribution is 2.14. The van der Waals surface area contributed by atoms with Crippen LogP contribution in [-0.4, -0.2) is 11.6 Å². The zero-order valence-corrected chi connectivity index (χ0v) is 21.1. The van der Waals surface area contributed by atoms with E-state index in [1.165, 1.54) is 48.5 Å². The molecular weight excluding hydrogens is 502 g/mol. The highest BCUT2D eigenvalue weighted by Gasteiger charge is 2.10. The summed E-state index contributed by atoms with van der Waals surface area (Å²) in [5.41, 5.74) is 4.81. The summed E-state index contributed by atoms with van der Waals surface area (Å²) < 4.78 is 26.3. The maximum absolute atomic E-state index is 13.1. The minimum Gasteiger partial charge on any atom is -0.289 e. The van der Waals surface area contributed by atoms with E-state index >= 15 is 0 Å². The minimum atomic E-state index is -0.389. The van der Waals surface area contributed by atoms with Gasteiger partial charge < -0.3 is 0 Å². The summed E-state index contributed by atoms with van der Waals surface area (Å²) in [4.78, 5) is 25.2. The quantitative estimate of drug-likeness (QED) is 0.184. The van der Waals surface area contributed by atoms with Crippen LogP contribution in [0, 0.1) is 35.3 Å². The van der Waals surface area contributed by atoms with Crippen LogP contribution in [0.15, 0.2) is 121 Å². The van der Waals surface area contributed by atoms with Gasteiger partial charge in [-0.15, -0.1) is 0 Å². The molecule has 0 aliphatic heterocycles. The van der Waals surface area contributed by atoms with Gasteiger partial charge in [-0.25, -0.2) is 8.78 Å². The second-order valence-corrected chi connectivity index (χ2v) is 8.87. The van der Waals surface area contributed by atoms with Crippen LogP contribution in [0.5, 0.6) is 0 Å². The van der Waals surface area contributed by atoms with Crippen LogP contribution in [0.4, 0.5) is 8.78 Å². The third-order valence-corrected chi connectivity index (χ3v) is 6.12. The summed E-state index contributed by atoms with van der Waals surface area (Å²) in [7, 11) is 0. The normalized spacial score (nSPS) is 10.1. The van der Waals surface area contributed by atoms with Crippen molar-refractivity contribution in [2.45, 2.75) is 0 Å². The Labute approximate surface area is 231 Å². The van der Waals surface area contributed by atoms with Crippen LogP contribution in [0.2, 0.25) is 0 Å². The Hall–Kier alpha value is -5.58. The maximum Gasteiger partial charge on any atom is 0.193 e. The van der Waals surface area contributed by atoms with Crippen LogP contribution in [-0.2, 0) is 0 Å². The molecule has 0 spiro atoms. The van der Waals surface area contributed by atoms with E-state index in [0.29, 0.717) is 22.3 Å². The van der Waals surface area contributed by atoms with Crippen molar-refractivity contribution in [3.63, 3.8) is 0 Å². The second-order valence-electron chi connectivity index (χ2n) is 8.87. The molecular formula is C36H20F2O2. The van der Waals surface area contributed by atoms with E-state index < -0.39 is 0 Å². The highest BCUT2D eigenvalue weighted by molar-refractivity contribution is 6.09. The van der Waals surface area contributed by atoms with Crippen molar-refractivity contribution in [3.05, 3.63) is 177 Å². The molecule has 0 heterocycles. The maximum atomic E-state index is 13.1. The van der Waals surface area contributed by atoms with Gasteiger partial charge in [-0.05, 0) is 109 Å². The zero-order chi connectivity index (χ0) is 27.9. The van der Waals surface area contributed by atoms with Crippen LogP contribution in [0.25, 0.3) is 0 Å². The van der Waals surface area contributed by atoms with E-state index in [9.17, 15) is 18.4 Å². The highest BCUT2D eigenvalue weighted by atomic mass is 19.1. The molecule has 0 N–H and O–H groups in total. The third-order valence-electron chi connectivity index (χ3n) is 6.12. The van der Waals surface area contributed by atoms with Gasteiger partial charge in [0, 0.05) is 44.5 Å². The summed E-state index contributed by atoms with van der Waals surface area (Å²) in [5, 5.41) is 0. The number of hydrogen-bond acceptors (Lipinski definition) is 2. The Morgan fingerprint density at radius 1 is 0.400 bits per heavy atom. The molecule has 40 heavy (non-hydrogen) atoms. The van der Waals surface area contributed by atoms with Crippen molar-refractivity contribution in [1.29, 1.82) is 0 Å². The topological polar surface area (TPSA) is 34.1 Å². The van der Waals surface area contributed by atoms with Crippen molar-refractivity contribution >= 4 is 11.6 Å². The van der Waals surface area contributed by atoms with E-state index in [1.807, 2.05) is 24.3 Å². The molecule has 0 saturated carbocycles. The first-order valence-electron chi connectivity index (χ1n) is 12.4. The largest absolute Gasteiger partial charge is 0.289 e. The fourth-order valence-electron chi connectivity index (χ4n) is 3.93. The molecule has 4 heteroatoms. The fraction of sp³-hybridized carbons (Fsp3) is 0. The van der Waals surface area contributed by atoms with Gasteiger partial charge in [-0.2, -0.15) is 0 Å². The smallest absolute Gasteiger partial charge is 0.193 e. The van der Waals surface area contributed by atoms with Crippen molar-refractivity contribution in [3.8, 4) is 23.7 Å². The average Bonchev–Trinajstić information content (AvgIpc) is 3.00. The summed E-state index contributed by atoms with van der Waals surface area (Å²) in [6.45, 7) is 0. The number of benzene rings is 5. The van der Waals surface area contributed by atoms with E-state index in [1.54, 1.807) is 48.5 Å². The number of halogens is 2. The summed E-state index contributed by atoms with van der Waals surface area (Å²) in [6, 6.07) is 32.3. The molecule has 0 bridgehead atoms. The molecule has 0 atom stereocenters. The number of rotatable bonds is 4. The molecule has 0 aliphatic carbocycles. The molecule has 0 radical (unpaired) electrons. The molecule has 2 nitrogen and oxygen atoms in total. The van der Waals surface area contributed by atoms with Gasteiger partial charge in [0.15, 0.2) is 11.6 Å². The Bertz CT molecular complexity index is 1670. The molecule has 0 saturated heterocycles. The Kier molecular flexibility index (Phi) is 7.72. The van der Waals surface area contributed by atoms with E-state index in [4.69, 9.17) is 0 Å². The second kappa shape index (κ2) is 11.9. The number of carbonyl (C=O) groups excluding carboxylic acids is 2. The predicted molar refractivity (Wildman–Crippen MR) is 151 cm³/mol. The Balaban J connectivity index is 1.30. The van der Waals surface area contributed by atoms with Crippen molar-refractivity contribution in [2.75, 3.05) is 0 Å². The van der Waals surface area contributed by atoms with Gasteiger partial charge in [0.2, 0.25) is 0 Å². The summed E-state index contributed by atoms with van der Waals surface area (Å²) in [5.74, 6) is 11.4. The first-order valence-corrected chi connectivity index (χ1v) is 12.4. The number of ketones is 2. The Morgan fingerprint density at radius 2 is 0.700 bits per heavy atom. The minimum absolute atomic E-state index is 0.187. The van der Waals surface area contributed by atoms with E-state index in [2.05, 4.69) is 23.7 Å². The zero-order valence-electron chi connectivity index (χ0n) is 21.1. The molecule has 0 unspecified atom stereocenters. The lowest BCUT2D eigenvalue weighted by Crippen LogP contribution is -2.01.